The zero-order chi connectivity index (χ0) is 41.6. The predicted molar refractivity (Wildman–Crippen MR) is 202 cm³/mol. The van der Waals surface area contributed by atoms with Crippen molar-refractivity contribution in [1.29, 1.82) is 0 Å². The van der Waals surface area contributed by atoms with Crippen LogP contribution in [0.25, 0.3) is 10.9 Å². The van der Waals surface area contributed by atoms with E-state index in [1.54, 1.807) is 13.0 Å². The molecule has 1 aromatic heterocycles. The van der Waals surface area contributed by atoms with E-state index in [0.29, 0.717) is 49.7 Å². The van der Waals surface area contributed by atoms with Crippen molar-refractivity contribution in [1.82, 2.24) is 24.8 Å². The molecule has 6 aliphatic rings. The van der Waals surface area contributed by atoms with E-state index in [1.165, 1.54) is 24.1 Å². The summed E-state index contributed by atoms with van der Waals surface area (Å²) in [7, 11) is -2.41. The van der Waals surface area contributed by atoms with Crippen LogP contribution in [0.2, 0.25) is 0 Å². The van der Waals surface area contributed by atoms with E-state index >= 15 is 0 Å². The molecule has 18 heteroatoms. The van der Waals surface area contributed by atoms with E-state index < -0.39 is 91.6 Å². The number of alkyl carbamates (subject to hydrolysis) is 1. The first-order valence-electron chi connectivity index (χ1n) is 20.0. The van der Waals surface area contributed by atoms with E-state index in [0.717, 1.165) is 4.31 Å². The van der Waals surface area contributed by atoms with Crippen LogP contribution in [0.15, 0.2) is 30.4 Å². The van der Waals surface area contributed by atoms with Gasteiger partial charge in [-0.3, -0.25) is 14.4 Å². The Hall–Kier alpha value is -4.61. The number of hydrogen-bond donors (Lipinski definition) is 2. The van der Waals surface area contributed by atoms with Gasteiger partial charge in [0.15, 0.2) is 16.3 Å². The molecule has 4 fully saturated rings. The molecule has 2 aromatic rings. The largest absolute Gasteiger partial charge is 0.497 e. The molecule has 5 heterocycles. The Kier molecular flexibility index (Phi) is 9.70. The van der Waals surface area contributed by atoms with Crippen LogP contribution in [0.5, 0.6) is 11.5 Å². The summed E-state index contributed by atoms with van der Waals surface area (Å²) in [5, 5.41) is 5.95. The second kappa shape index (κ2) is 14.0. The highest BCUT2D eigenvalue weighted by Crippen LogP contribution is 2.64. The molecule has 2 N–H and O–H groups in total. The van der Waals surface area contributed by atoms with Crippen molar-refractivity contribution in [2.45, 2.75) is 132 Å². The second-order valence-electron chi connectivity index (χ2n) is 17.0. The zero-order valence-electron chi connectivity index (χ0n) is 32.8. The Morgan fingerprint density at radius 2 is 1.84 bits per heavy atom. The Morgan fingerprint density at radius 3 is 2.52 bits per heavy atom. The Balaban J connectivity index is 1.17. The number of fused-ring (bicyclic) bond motifs is 5. The number of ether oxygens (including phenoxy) is 3. The summed E-state index contributed by atoms with van der Waals surface area (Å²) >= 11 is 0. The molecule has 0 radical (unpaired) electrons. The fraction of sp³-hybridized carbons (Fsp3) is 0.625. The number of methoxy groups -OCH3 is 1. The molecule has 314 valence electrons. The third-order valence-corrected chi connectivity index (χ3v) is 15.2. The van der Waals surface area contributed by atoms with Crippen LogP contribution in [0.4, 0.5) is 18.0 Å². The van der Waals surface area contributed by atoms with Crippen molar-refractivity contribution in [3.8, 4) is 11.5 Å². The number of sulfonamides is 1. The maximum Gasteiger partial charge on any atom is 0.437 e. The van der Waals surface area contributed by atoms with Gasteiger partial charge in [0.05, 0.1) is 19.2 Å². The van der Waals surface area contributed by atoms with Gasteiger partial charge in [-0.25, -0.2) is 22.5 Å². The van der Waals surface area contributed by atoms with Crippen LogP contribution in [0.3, 0.4) is 0 Å². The number of halogens is 3. The molecule has 2 saturated carbocycles. The van der Waals surface area contributed by atoms with Gasteiger partial charge in [0, 0.05) is 23.3 Å². The fourth-order valence-corrected chi connectivity index (χ4v) is 11.0. The van der Waals surface area contributed by atoms with Crippen LogP contribution in [-0.4, -0.2) is 94.3 Å². The van der Waals surface area contributed by atoms with E-state index in [1.807, 2.05) is 26.0 Å². The van der Waals surface area contributed by atoms with Crippen LogP contribution >= 0.6 is 0 Å². The third kappa shape index (κ3) is 6.72. The molecule has 6 atom stereocenters. The summed E-state index contributed by atoms with van der Waals surface area (Å²) in [6.07, 6.45) is 0.874. The molecule has 2 aliphatic carbocycles. The number of carbonyl (C=O) groups excluding carboxylic acids is 4. The number of benzene rings is 1. The fourth-order valence-electron chi connectivity index (χ4n) is 8.88. The molecule has 2 spiro atoms. The van der Waals surface area contributed by atoms with Gasteiger partial charge >= 0.3 is 12.3 Å². The van der Waals surface area contributed by atoms with Crippen molar-refractivity contribution in [2.75, 3.05) is 13.7 Å². The van der Waals surface area contributed by atoms with Gasteiger partial charge in [0.2, 0.25) is 11.8 Å². The molecule has 8 rings (SSSR count). The van der Waals surface area contributed by atoms with Gasteiger partial charge in [-0.2, -0.15) is 13.2 Å². The minimum atomic E-state index is -4.92. The van der Waals surface area contributed by atoms with Crippen LogP contribution < -0.4 is 20.1 Å². The lowest BCUT2D eigenvalue weighted by atomic mass is 9.87. The van der Waals surface area contributed by atoms with Gasteiger partial charge < -0.3 is 29.7 Å². The summed E-state index contributed by atoms with van der Waals surface area (Å²) < 4.78 is 88.3. The summed E-state index contributed by atoms with van der Waals surface area (Å²) in [4.78, 5) is 60.7. The van der Waals surface area contributed by atoms with Gasteiger partial charge in [0.25, 0.3) is 15.9 Å². The summed E-state index contributed by atoms with van der Waals surface area (Å²) in [6.45, 7) is 5.15. The number of carbonyl (C=O) groups is 4. The summed E-state index contributed by atoms with van der Waals surface area (Å²) in [5.41, 5.74) is -4.00. The number of allylic oxidation sites excluding steroid dienone is 1. The van der Waals surface area contributed by atoms with E-state index in [-0.39, 0.29) is 55.6 Å². The van der Waals surface area contributed by atoms with Gasteiger partial charge in [0.1, 0.15) is 35.1 Å². The minimum Gasteiger partial charge on any atom is -0.497 e. The Morgan fingerprint density at radius 1 is 1.09 bits per heavy atom. The number of rotatable bonds is 5. The molecular formula is C40H48F3N5O9S. The highest BCUT2D eigenvalue weighted by molar-refractivity contribution is 7.98. The van der Waals surface area contributed by atoms with E-state index in [4.69, 9.17) is 14.2 Å². The average Bonchev–Trinajstić information content (AvgIpc) is 4.12. The van der Waals surface area contributed by atoms with Crippen molar-refractivity contribution >= 4 is 44.7 Å². The third-order valence-electron chi connectivity index (χ3n) is 12.9. The molecule has 14 nitrogen and oxygen atoms in total. The molecular weight excluding hydrogens is 784 g/mol. The van der Waals surface area contributed by atoms with E-state index in [2.05, 4.69) is 15.6 Å². The molecule has 1 aromatic carbocycles. The number of aryl methyl sites for hydroxylation is 1. The van der Waals surface area contributed by atoms with Crippen LogP contribution in [-0.2, 0) is 41.7 Å². The highest BCUT2D eigenvalue weighted by atomic mass is 32.2. The predicted octanol–water partition coefficient (Wildman–Crippen LogP) is 5.12. The van der Waals surface area contributed by atoms with Gasteiger partial charge in [-0.05, 0) is 82.4 Å². The van der Waals surface area contributed by atoms with Crippen molar-refractivity contribution in [3.05, 3.63) is 41.6 Å². The van der Waals surface area contributed by atoms with Crippen LogP contribution in [0.1, 0.15) is 96.2 Å². The number of amides is 4. The van der Waals surface area contributed by atoms with Crippen molar-refractivity contribution in [2.24, 2.45) is 11.8 Å². The summed E-state index contributed by atoms with van der Waals surface area (Å²) in [5.74, 6) is -2.82. The first kappa shape index (κ1) is 40.2. The van der Waals surface area contributed by atoms with E-state index in [9.17, 15) is 40.8 Å². The maximum atomic E-state index is 14.8. The number of nitrogens with one attached hydrogen (secondary N) is 2. The maximum absolute atomic E-state index is 14.8. The Bertz CT molecular complexity index is 2210. The smallest absolute Gasteiger partial charge is 0.437 e. The minimum absolute atomic E-state index is 0.0207. The monoisotopic (exact) mass is 831 g/mol. The Labute approximate surface area is 334 Å². The normalized spacial score (nSPS) is 30.3. The standard InChI is InChI=1S/C40H48F3N5O9S/c1-22(2)23(3)56-36(52)45-29-11-9-7-5-6-8-10-24-19-39(24,35(51)48-38(16-17-38)58(48,53)54)46-33(49)30-20-37(21-47(30)34(29)50)15-14-26-27-18-25(55-4)12-13-28(27)44-32(31(26)57-37)40(41,42)43/h8,10,12-13,18,22-24,29-30H,5-7,9,11,14-17,19-21H2,1-4H3,(H,45,52)(H,46,49). The molecule has 2 saturated heterocycles. The van der Waals surface area contributed by atoms with Crippen LogP contribution in [0, 0.1) is 11.8 Å². The van der Waals surface area contributed by atoms with Gasteiger partial charge in [-0.15, -0.1) is 0 Å². The number of aromatic nitrogens is 1. The number of pyridine rings is 1. The second-order valence-corrected chi connectivity index (χ2v) is 19.1. The topological polar surface area (TPSA) is 173 Å². The number of nitrogens with zero attached hydrogens (tertiary/aromatic N) is 3. The molecule has 4 amide bonds. The lowest BCUT2D eigenvalue weighted by Gasteiger charge is -2.37. The number of alkyl halides is 3. The molecule has 58 heavy (non-hydrogen) atoms. The quantitative estimate of drug-likeness (QED) is 0.304. The number of hydrogen-bond acceptors (Lipinski definition) is 10. The lowest BCUT2D eigenvalue weighted by molar-refractivity contribution is -0.144. The molecule has 4 aliphatic heterocycles. The average molecular weight is 832 g/mol. The SMILES string of the molecule is COc1ccc2nc(C(F)(F)F)c3c(c2c1)CCC1(CC2C(=O)NC4(C(=O)N5C6(CC6)S5(=O)=O)CC4C=CCCCCCC(NC(=O)OC(C)C(C)C)C(=O)N2C1)O3. The van der Waals surface area contributed by atoms with Crippen molar-refractivity contribution < 1.29 is 55.0 Å². The zero-order valence-corrected chi connectivity index (χ0v) is 33.6. The van der Waals surface area contributed by atoms with Crippen molar-refractivity contribution in [3.63, 3.8) is 0 Å². The first-order valence-corrected chi connectivity index (χ1v) is 21.4. The highest BCUT2D eigenvalue weighted by Gasteiger charge is 2.83. The first-order chi connectivity index (χ1) is 27.4. The molecule has 6 unspecified atom stereocenters. The lowest BCUT2D eigenvalue weighted by Crippen LogP contribution is -2.57. The molecule has 0 bridgehead atoms. The van der Waals surface area contributed by atoms with Gasteiger partial charge in [-0.1, -0.05) is 38.8 Å². The summed E-state index contributed by atoms with van der Waals surface area (Å²) in [6, 6.07) is 2.01.